The first kappa shape index (κ1) is 25.4. The Morgan fingerprint density at radius 3 is 2.51 bits per heavy atom. The van der Waals surface area contributed by atoms with Crippen molar-refractivity contribution < 1.29 is 19.1 Å². The van der Waals surface area contributed by atoms with Crippen LogP contribution in [0.1, 0.15) is 18.1 Å². The quantitative estimate of drug-likeness (QED) is 0.201. The molecule has 0 radical (unpaired) electrons. The number of benzene rings is 4. The summed E-state index contributed by atoms with van der Waals surface area (Å²) in [6, 6.07) is 24.6. The zero-order valence-corrected chi connectivity index (χ0v) is 22.9. The van der Waals surface area contributed by atoms with E-state index < -0.39 is 5.91 Å². The third-order valence-electron chi connectivity index (χ3n) is 5.77. The molecule has 2 amide bonds. The van der Waals surface area contributed by atoms with E-state index in [0.717, 1.165) is 33.0 Å². The SMILES string of the molecule is CCOc1cc(/C=C2/SC(=O)N(c3cccc(Cl)c3)C2=O)c(Br)cc1OCc1cccc2ccccc12. The van der Waals surface area contributed by atoms with Crippen LogP contribution in [0, 0.1) is 0 Å². The number of thioether (sulfide) groups is 1. The van der Waals surface area contributed by atoms with Gasteiger partial charge >= 0.3 is 0 Å². The van der Waals surface area contributed by atoms with Gasteiger partial charge in [-0.1, -0.05) is 76.1 Å². The average Bonchev–Trinajstić information content (AvgIpc) is 3.17. The minimum absolute atomic E-state index is 0.303. The average molecular weight is 595 g/mol. The van der Waals surface area contributed by atoms with E-state index in [1.807, 2.05) is 37.3 Å². The zero-order chi connectivity index (χ0) is 25.9. The van der Waals surface area contributed by atoms with Crippen LogP contribution >= 0.6 is 39.3 Å². The predicted molar refractivity (Wildman–Crippen MR) is 153 cm³/mol. The Balaban J connectivity index is 1.42. The molecule has 4 aromatic carbocycles. The first-order chi connectivity index (χ1) is 17.9. The second-order valence-corrected chi connectivity index (χ2v) is 10.5. The maximum absolute atomic E-state index is 13.1. The van der Waals surface area contributed by atoms with Crippen LogP contribution < -0.4 is 14.4 Å². The van der Waals surface area contributed by atoms with Crippen molar-refractivity contribution in [2.45, 2.75) is 13.5 Å². The van der Waals surface area contributed by atoms with Crippen LogP contribution in [0.2, 0.25) is 5.02 Å². The number of rotatable bonds is 7. The van der Waals surface area contributed by atoms with Crippen molar-refractivity contribution in [3.05, 3.63) is 104 Å². The minimum Gasteiger partial charge on any atom is -0.490 e. The summed E-state index contributed by atoms with van der Waals surface area (Å²) in [7, 11) is 0. The molecule has 1 aliphatic heterocycles. The topological polar surface area (TPSA) is 55.8 Å². The van der Waals surface area contributed by atoms with E-state index in [9.17, 15) is 9.59 Å². The molecule has 1 aliphatic rings. The van der Waals surface area contributed by atoms with Crippen molar-refractivity contribution in [1.29, 1.82) is 0 Å². The number of halogens is 2. The van der Waals surface area contributed by atoms with Gasteiger partial charge < -0.3 is 9.47 Å². The lowest BCUT2D eigenvalue weighted by molar-refractivity contribution is -0.113. The van der Waals surface area contributed by atoms with Crippen molar-refractivity contribution in [2.75, 3.05) is 11.5 Å². The van der Waals surface area contributed by atoms with Crippen molar-refractivity contribution >= 4 is 73.0 Å². The van der Waals surface area contributed by atoms with Gasteiger partial charge in [-0.15, -0.1) is 0 Å². The monoisotopic (exact) mass is 593 g/mol. The lowest BCUT2D eigenvalue weighted by atomic mass is 10.1. The maximum Gasteiger partial charge on any atom is 0.298 e. The van der Waals surface area contributed by atoms with Crippen molar-refractivity contribution in [3.8, 4) is 11.5 Å². The van der Waals surface area contributed by atoms with Crippen LogP contribution in [0.5, 0.6) is 11.5 Å². The Kier molecular flexibility index (Phi) is 7.55. The number of anilines is 1. The highest BCUT2D eigenvalue weighted by Crippen LogP contribution is 2.40. The zero-order valence-electron chi connectivity index (χ0n) is 19.7. The molecule has 0 N–H and O–H groups in total. The third kappa shape index (κ3) is 5.39. The van der Waals surface area contributed by atoms with Gasteiger partial charge in [0.1, 0.15) is 6.61 Å². The van der Waals surface area contributed by atoms with Crippen LogP contribution in [-0.2, 0) is 11.4 Å². The summed E-state index contributed by atoms with van der Waals surface area (Å²) in [4.78, 5) is 27.2. The van der Waals surface area contributed by atoms with Crippen molar-refractivity contribution in [1.82, 2.24) is 0 Å². The first-order valence-electron chi connectivity index (χ1n) is 11.5. The summed E-state index contributed by atoms with van der Waals surface area (Å²) in [5, 5.41) is 2.35. The number of carbonyl (C=O) groups is 2. The number of hydrogen-bond acceptors (Lipinski definition) is 5. The van der Waals surface area contributed by atoms with Gasteiger partial charge in [-0.2, -0.15) is 0 Å². The molecule has 0 unspecified atom stereocenters. The fourth-order valence-electron chi connectivity index (χ4n) is 4.06. The van der Waals surface area contributed by atoms with E-state index in [1.54, 1.807) is 36.4 Å². The highest BCUT2D eigenvalue weighted by molar-refractivity contribution is 9.10. The van der Waals surface area contributed by atoms with Gasteiger partial charge in [-0.25, -0.2) is 4.90 Å². The molecule has 1 heterocycles. The normalized spacial score (nSPS) is 14.6. The third-order valence-corrected chi connectivity index (χ3v) is 7.56. The molecule has 5 rings (SSSR count). The van der Waals surface area contributed by atoms with Gasteiger partial charge in [0.2, 0.25) is 0 Å². The number of ether oxygens (including phenoxy) is 2. The summed E-state index contributed by atoms with van der Waals surface area (Å²) in [5.74, 6) is 0.718. The molecule has 0 saturated carbocycles. The van der Waals surface area contributed by atoms with Crippen molar-refractivity contribution in [2.24, 2.45) is 0 Å². The lowest BCUT2D eigenvalue weighted by Crippen LogP contribution is -2.27. The Morgan fingerprint density at radius 2 is 1.70 bits per heavy atom. The van der Waals surface area contributed by atoms with Crippen LogP contribution in [0.4, 0.5) is 10.5 Å². The second-order valence-electron chi connectivity index (χ2n) is 8.18. The van der Waals surface area contributed by atoms with Gasteiger partial charge in [0, 0.05) is 9.50 Å². The minimum atomic E-state index is -0.404. The van der Waals surface area contributed by atoms with E-state index in [0.29, 0.717) is 50.4 Å². The highest BCUT2D eigenvalue weighted by Gasteiger charge is 2.36. The van der Waals surface area contributed by atoms with Gasteiger partial charge in [-0.05, 0) is 77.0 Å². The Bertz CT molecular complexity index is 1550. The molecule has 0 aromatic heterocycles. The molecule has 1 fully saturated rings. The van der Waals surface area contributed by atoms with Gasteiger partial charge in [-0.3, -0.25) is 9.59 Å². The molecule has 0 spiro atoms. The van der Waals surface area contributed by atoms with Crippen LogP contribution in [0.25, 0.3) is 16.8 Å². The molecule has 0 aliphatic carbocycles. The fraction of sp³-hybridized carbons (Fsp3) is 0.103. The lowest BCUT2D eigenvalue weighted by Gasteiger charge is -2.15. The Morgan fingerprint density at radius 1 is 0.946 bits per heavy atom. The molecule has 0 bridgehead atoms. The number of fused-ring (bicyclic) bond motifs is 1. The van der Waals surface area contributed by atoms with E-state index in [1.165, 1.54) is 0 Å². The molecule has 1 saturated heterocycles. The number of hydrogen-bond donors (Lipinski definition) is 0. The number of nitrogens with zero attached hydrogens (tertiary/aromatic N) is 1. The van der Waals surface area contributed by atoms with E-state index in [4.69, 9.17) is 21.1 Å². The first-order valence-corrected chi connectivity index (χ1v) is 13.5. The Hall–Kier alpha value is -3.26. The smallest absolute Gasteiger partial charge is 0.298 e. The maximum atomic E-state index is 13.1. The molecule has 37 heavy (non-hydrogen) atoms. The summed E-state index contributed by atoms with van der Waals surface area (Å²) < 4.78 is 12.8. The molecule has 8 heteroatoms. The molecule has 5 nitrogen and oxygen atoms in total. The number of carbonyl (C=O) groups excluding carboxylic acids is 2. The van der Waals surface area contributed by atoms with Gasteiger partial charge in [0.15, 0.2) is 11.5 Å². The van der Waals surface area contributed by atoms with Crippen molar-refractivity contribution in [3.63, 3.8) is 0 Å². The van der Waals surface area contributed by atoms with E-state index in [2.05, 4.69) is 34.1 Å². The molecular weight excluding hydrogens is 574 g/mol. The standard InChI is InChI=1S/C29H21BrClNO4S/c1-2-35-25-13-20(14-27-28(33)32(29(34)37-27)22-11-6-10-21(31)15-22)24(30)16-26(25)36-17-19-9-5-8-18-7-3-4-12-23(18)19/h3-16H,2,17H2,1H3/b27-14+. The number of amides is 2. The summed E-state index contributed by atoms with van der Waals surface area (Å²) in [5.41, 5.74) is 2.19. The second kappa shape index (κ2) is 11.0. The van der Waals surface area contributed by atoms with Crippen LogP contribution in [0.15, 0.2) is 88.2 Å². The van der Waals surface area contributed by atoms with Crippen LogP contribution in [0.3, 0.4) is 0 Å². The van der Waals surface area contributed by atoms with Crippen LogP contribution in [-0.4, -0.2) is 17.8 Å². The van der Waals surface area contributed by atoms with Gasteiger partial charge in [0.25, 0.3) is 11.1 Å². The molecule has 186 valence electrons. The van der Waals surface area contributed by atoms with Gasteiger partial charge in [0.05, 0.1) is 17.2 Å². The largest absolute Gasteiger partial charge is 0.490 e. The molecular formula is C29H21BrClNO4S. The fourth-order valence-corrected chi connectivity index (χ4v) is 5.52. The van der Waals surface area contributed by atoms with E-state index >= 15 is 0 Å². The molecule has 0 atom stereocenters. The summed E-state index contributed by atoms with van der Waals surface area (Å²) in [6.07, 6.45) is 1.68. The number of imide groups is 1. The Labute approximate surface area is 232 Å². The summed E-state index contributed by atoms with van der Waals surface area (Å²) >= 11 is 10.5. The summed E-state index contributed by atoms with van der Waals surface area (Å²) in [6.45, 7) is 2.70. The highest BCUT2D eigenvalue weighted by atomic mass is 79.9. The predicted octanol–water partition coefficient (Wildman–Crippen LogP) is 8.47. The molecule has 4 aromatic rings. The van der Waals surface area contributed by atoms with E-state index in [-0.39, 0.29) is 5.24 Å².